The summed E-state index contributed by atoms with van der Waals surface area (Å²) in [5.41, 5.74) is 0. The molecule has 0 aliphatic carbocycles. The van der Waals surface area contributed by atoms with E-state index in [2.05, 4.69) is 42.8 Å². The van der Waals surface area contributed by atoms with E-state index in [9.17, 15) is 8.42 Å². The molecule has 1 aromatic carbocycles. The first kappa shape index (κ1) is 17.5. The van der Waals surface area contributed by atoms with Gasteiger partial charge in [-0.15, -0.1) is 0 Å². The summed E-state index contributed by atoms with van der Waals surface area (Å²) in [5, 5.41) is 0. The van der Waals surface area contributed by atoms with Crippen molar-refractivity contribution in [3.05, 3.63) is 27.1 Å². The van der Waals surface area contributed by atoms with Crippen LogP contribution < -0.4 is 4.72 Å². The van der Waals surface area contributed by atoms with Gasteiger partial charge in [-0.1, -0.05) is 22.4 Å². The number of unbranched alkanes of at least 4 members (excludes halogenated alkanes) is 2. The Hall–Kier alpha value is 0.440. The van der Waals surface area contributed by atoms with E-state index in [0.717, 1.165) is 29.5 Å². The predicted octanol–water partition coefficient (Wildman–Crippen LogP) is 4.02. The van der Waals surface area contributed by atoms with Gasteiger partial charge in [0.15, 0.2) is 0 Å². The lowest BCUT2D eigenvalue weighted by Crippen LogP contribution is -2.25. The van der Waals surface area contributed by atoms with Crippen LogP contribution in [-0.4, -0.2) is 27.0 Å². The molecule has 0 fully saturated rings. The van der Waals surface area contributed by atoms with Gasteiger partial charge in [0, 0.05) is 15.5 Å². The number of nitrogens with one attached hydrogen (secondary N) is 1. The lowest BCUT2D eigenvalue weighted by molar-refractivity contribution is 0.575. The molecule has 0 radical (unpaired) electrons. The van der Waals surface area contributed by atoms with Crippen molar-refractivity contribution in [3.8, 4) is 0 Å². The monoisotopic (exact) mass is 429 g/mol. The van der Waals surface area contributed by atoms with Crippen molar-refractivity contribution in [2.75, 3.05) is 18.6 Å². The lowest BCUT2D eigenvalue weighted by atomic mass is 10.2. The molecule has 0 aliphatic heterocycles. The van der Waals surface area contributed by atoms with Gasteiger partial charge in [-0.25, -0.2) is 13.1 Å². The zero-order chi connectivity index (χ0) is 14.3. The summed E-state index contributed by atoms with van der Waals surface area (Å²) in [6, 6.07) is 5.11. The molecule has 0 heterocycles. The molecule has 3 nitrogen and oxygen atoms in total. The Labute approximate surface area is 136 Å². The molecule has 0 amide bonds. The number of sulfonamides is 1. The fourth-order valence-corrected chi connectivity index (χ4v) is 4.58. The van der Waals surface area contributed by atoms with Crippen LogP contribution in [0.3, 0.4) is 0 Å². The number of benzene rings is 1. The predicted molar refractivity (Wildman–Crippen MR) is 89.3 cm³/mol. The van der Waals surface area contributed by atoms with Crippen LogP contribution in [-0.2, 0) is 10.0 Å². The van der Waals surface area contributed by atoms with E-state index < -0.39 is 10.0 Å². The van der Waals surface area contributed by atoms with Crippen molar-refractivity contribution in [2.24, 2.45) is 0 Å². The fraction of sp³-hybridized carbons (Fsp3) is 0.500. The van der Waals surface area contributed by atoms with Gasteiger partial charge in [0.25, 0.3) is 0 Å². The van der Waals surface area contributed by atoms with Crippen LogP contribution in [0.1, 0.15) is 19.3 Å². The fourth-order valence-electron chi connectivity index (χ4n) is 1.52. The zero-order valence-electron chi connectivity index (χ0n) is 10.7. The van der Waals surface area contributed by atoms with Gasteiger partial charge >= 0.3 is 0 Å². The van der Waals surface area contributed by atoms with E-state index in [1.54, 1.807) is 18.2 Å². The second-order valence-corrected chi connectivity index (χ2v) is 8.52. The van der Waals surface area contributed by atoms with Crippen LogP contribution >= 0.6 is 43.6 Å². The maximum atomic E-state index is 12.1. The van der Waals surface area contributed by atoms with Gasteiger partial charge < -0.3 is 0 Å². The number of rotatable bonds is 8. The third-order valence-corrected chi connectivity index (χ3v) is 6.15. The zero-order valence-corrected chi connectivity index (χ0v) is 15.5. The van der Waals surface area contributed by atoms with Gasteiger partial charge in [-0.3, -0.25) is 0 Å². The molecular formula is C12H17Br2NO2S2. The second kappa shape index (κ2) is 8.67. The highest BCUT2D eigenvalue weighted by molar-refractivity contribution is 9.11. The molecule has 0 atom stereocenters. The minimum absolute atomic E-state index is 0.269. The maximum Gasteiger partial charge on any atom is 0.241 e. The molecule has 0 bridgehead atoms. The van der Waals surface area contributed by atoms with Crippen molar-refractivity contribution in [2.45, 2.75) is 24.2 Å². The van der Waals surface area contributed by atoms with Crippen molar-refractivity contribution in [3.63, 3.8) is 0 Å². The molecule has 108 valence electrons. The SMILES string of the molecule is CSCCCCCNS(=O)(=O)c1cc(Br)ccc1Br. The highest BCUT2D eigenvalue weighted by Crippen LogP contribution is 2.25. The smallest absolute Gasteiger partial charge is 0.211 e. The molecule has 0 unspecified atom stereocenters. The Morgan fingerprint density at radius 2 is 1.95 bits per heavy atom. The molecule has 7 heteroatoms. The molecule has 19 heavy (non-hydrogen) atoms. The highest BCUT2D eigenvalue weighted by Gasteiger charge is 2.17. The summed E-state index contributed by atoms with van der Waals surface area (Å²) in [6.45, 7) is 0.482. The molecule has 1 aromatic rings. The minimum Gasteiger partial charge on any atom is -0.211 e. The van der Waals surface area contributed by atoms with Crippen molar-refractivity contribution < 1.29 is 8.42 Å². The largest absolute Gasteiger partial charge is 0.241 e. The van der Waals surface area contributed by atoms with Gasteiger partial charge in [0.2, 0.25) is 10.0 Å². The summed E-state index contributed by atoms with van der Waals surface area (Å²) in [7, 11) is -3.44. The quantitative estimate of drug-likeness (QED) is 0.633. The van der Waals surface area contributed by atoms with E-state index >= 15 is 0 Å². The van der Waals surface area contributed by atoms with E-state index in [0.29, 0.717) is 11.0 Å². The van der Waals surface area contributed by atoms with Crippen molar-refractivity contribution >= 4 is 53.6 Å². The molecule has 1 rings (SSSR count). The van der Waals surface area contributed by atoms with Crippen LogP contribution in [0, 0.1) is 0 Å². The van der Waals surface area contributed by atoms with E-state index in [4.69, 9.17) is 0 Å². The van der Waals surface area contributed by atoms with E-state index in [-0.39, 0.29) is 4.90 Å². The van der Waals surface area contributed by atoms with Gasteiger partial charge in [0.1, 0.15) is 0 Å². The summed E-state index contributed by atoms with van der Waals surface area (Å²) in [6.07, 6.45) is 5.12. The van der Waals surface area contributed by atoms with Gasteiger partial charge in [-0.2, -0.15) is 11.8 Å². The summed E-state index contributed by atoms with van der Waals surface area (Å²) < 4.78 is 28.2. The summed E-state index contributed by atoms with van der Waals surface area (Å²) in [4.78, 5) is 0.269. The minimum atomic E-state index is -3.44. The van der Waals surface area contributed by atoms with E-state index in [1.807, 2.05) is 11.8 Å². The average Bonchev–Trinajstić information content (AvgIpc) is 2.36. The Bertz CT molecular complexity index is 506. The number of halogens is 2. The van der Waals surface area contributed by atoms with Crippen LogP contribution in [0.4, 0.5) is 0 Å². The second-order valence-electron chi connectivity index (χ2n) is 4.03. The van der Waals surface area contributed by atoms with Crippen LogP contribution in [0.15, 0.2) is 32.0 Å². The molecule has 0 saturated carbocycles. The maximum absolute atomic E-state index is 12.1. The number of hydrogen-bond acceptors (Lipinski definition) is 3. The summed E-state index contributed by atoms with van der Waals surface area (Å²) in [5.74, 6) is 1.13. The van der Waals surface area contributed by atoms with Crippen LogP contribution in [0.5, 0.6) is 0 Å². The Kier molecular flexibility index (Phi) is 7.98. The number of hydrogen-bond donors (Lipinski definition) is 1. The molecule has 0 aliphatic rings. The molecule has 0 saturated heterocycles. The molecule has 1 N–H and O–H groups in total. The topological polar surface area (TPSA) is 46.2 Å². The first-order chi connectivity index (χ1) is 8.97. The van der Waals surface area contributed by atoms with E-state index in [1.165, 1.54) is 0 Å². The Morgan fingerprint density at radius 3 is 2.63 bits per heavy atom. The van der Waals surface area contributed by atoms with Crippen molar-refractivity contribution in [1.29, 1.82) is 0 Å². The first-order valence-corrected chi connectivity index (χ1v) is 10.4. The summed E-state index contributed by atoms with van der Waals surface area (Å²) >= 11 is 8.37. The molecule has 0 spiro atoms. The third-order valence-electron chi connectivity index (χ3n) is 2.50. The normalized spacial score (nSPS) is 11.7. The number of thioether (sulfide) groups is 1. The first-order valence-electron chi connectivity index (χ1n) is 5.91. The average molecular weight is 431 g/mol. The van der Waals surface area contributed by atoms with Crippen molar-refractivity contribution in [1.82, 2.24) is 4.72 Å². The van der Waals surface area contributed by atoms with Crippen LogP contribution in [0.2, 0.25) is 0 Å². The Morgan fingerprint density at radius 1 is 1.21 bits per heavy atom. The third kappa shape index (κ3) is 6.16. The lowest BCUT2D eigenvalue weighted by Gasteiger charge is -2.08. The van der Waals surface area contributed by atoms with Gasteiger partial charge in [-0.05, 0) is 59.0 Å². The standard InChI is InChI=1S/C12H17Br2NO2S2/c1-18-8-4-2-3-7-15-19(16,17)12-9-10(13)5-6-11(12)14/h5-6,9,15H,2-4,7-8H2,1H3. The highest BCUT2D eigenvalue weighted by atomic mass is 79.9. The molecule has 0 aromatic heterocycles. The Balaban J connectivity index is 2.54. The van der Waals surface area contributed by atoms with Gasteiger partial charge in [0.05, 0.1) is 4.90 Å². The molecular weight excluding hydrogens is 414 g/mol. The van der Waals surface area contributed by atoms with Crippen LogP contribution in [0.25, 0.3) is 0 Å².